The third kappa shape index (κ3) is 2.78. The van der Waals surface area contributed by atoms with Crippen LogP contribution in [0.25, 0.3) is 0 Å². The summed E-state index contributed by atoms with van der Waals surface area (Å²) in [6.45, 7) is 1.13. The van der Waals surface area contributed by atoms with E-state index in [0.29, 0.717) is 0 Å². The van der Waals surface area contributed by atoms with E-state index in [1.807, 2.05) is 19.2 Å². The summed E-state index contributed by atoms with van der Waals surface area (Å²) >= 11 is 5.94. The van der Waals surface area contributed by atoms with Gasteiger partial charge in [0.2, 0.25) is 0 Å². The van der Waals surface area contributed by atoms with E-state index in [2.05, 4.69) is 17.4 Å². The fourth-order valence-corrected chi connectivity index (χ4v) is 2.99. The normalized spacial score (nSPS) is 25.6. The van der Waals surface area contributed by atoms with Gasteiger partial charge in [0.05, 0.1) is 0 Å². The highest BCUT2D eigenvalue weighted by Gasteiger charge is 2.25. The Morgan fingerprint density at radius 2 is 1.88 bits per heavy atom. The van der Waals surface area contributed by atoms with Crippen LogP contribution < -0.4 is 5.32 Å². The van der Waals surface area contributed by atoms with Gasteiger partial charge in [-0.1, -0.05) is 36.6 Å². The first kappa shape index (κ1) is 11.9. The topological polar surface area (TPSA) is 12.0 Å². The van der Waals surface area contributed by atoms with E-state index in [-0.39, 0.29) is 0 Å². The summed E-state index contributed by atoms with van der Waals surface area (Å²) in [4.78, 5) is 0. The molecule has 2 heteroatoms. The number of nitrogens with one attached hydrogen (secondary N) is 1. The molecule has 1 N–H and O–H groups in total. The summed E-state index contributed by atoms with van der Waals surface area (Å²) < 4.78 is 0. The van der Waals surface area contributed by atoms with Gasteiger partial charge in [-0.25, -0.2) is 0 Å². The van der Waals surface area contributed by atoms with Crippen LogP contribution in [-0.4, -0.2) is 13.6 Å². The van der Waals surface area contributed by atoms with E-state index < -0.39 is 0 Å². The average Bonchev–Trinajstić information content (AvgIpc) is 2.32. The second-order valence-electron chi connectivity index (χ2n) is 4.76. The summed E-state index contributed by atoms with van der Waals surface area (Å²) in [5.74, 6) is 1.51. The largest absolute Gasteiger partial charge is 0.319 e. The Balaban J connectivity index is 2.13. The molecule has 0 spiro atoms. The maximum atomic E-state index is 5.94. The van der Waals surface area contributed by atoms with E-state index in [9.17, 15) is 0 Å². The van der Waals surface area contributed by atoms with Gasteiger partial charge < -0.3 is 5.32 Å². The molecule has 2 rings (SSSR count). The zero-order valence-electron chi connectivity index (χ0n) is 9.88. The molecule has 0 aromatic heterocycles. The first-order valence-electron chi connectivity index (χ1n) is 6.21. The van der Waals surface area contributed by atoms with Gasteiger partial charge in [-0.3, -0.25) is 0 Å². The third-order valence-electron chi connectivity index (χ3n) is 3.67. The first-order valence-corrected chi connectivity index (χ1v) is 6.59. The number of hydrogen-bond donors (Lipinski definition) is 1. The molecule has 0 aliphatic heterocycles. The van der Waals surface area contributed by atoms with E-state index in [4.69, 9.17) is 11.6 Å². The maximum Gasteiger partial charge on any atom is 0.0406 e. The first-order chi connectivity index (χ1) is 7.81. The van der Waals surface area contributed by atoms with E-state index in [1.165, 1.54) is 31.2 Å². The lowest BCUT2D eigenvalue weighted by Gasteiger charge is -2.31. The quantitative estimate of drug-likeness (QED) is 0.843. The van der Waals surface area contributed by atoms with Crippen LogP contribution in [0.2, 0.25) is 5.02 Å². The third-order valence-corrected chi connectivity index (χ3v) is 3.93. The molecule has 1 saturated carbocycles. The molecule has 0 heterocycles. The molecule has 0 saturated heterocycles. The zero-order valence-corrected chi connectivity index (χ0v) is 10.6. The maximum absolute atomic E-state index is 5.94. The molecule has 0 bridgehead atoms. The Kier molecular flexibility index (Phi) is 4.25. The fourth-order valence-electron chi connectivity index (χ4n) is 2.86. The second-order valence-corrected chi connectivity index (χ2v) is 5.20. The SMILES string of the molecule is CNCC1CCCCC1c1ccc(Cl)cc1. The van der Waals surface area contributed by atoms with Crippen molar-refractivity contribution in [3.63, 3.8) is 0 Å². The highest BCUT2D eigenvalue weighted by atomic mass is 35.5. The molecule has 1 aliphatic rings. The van der Waals surface area contributed by atoms with Gasteiger partial charge in [-0.15, -0.1) is 0 Å². The second kappa shape index (κ2) is 5.70. The minimum absolute atomic E-state index is 0.721. The zero-order chi connectivity index (χ0) is 11.4. The number of rotatable bonds is 3. The lowest BCUT2D eigenvalue weighted by Crippen LogP contribution is -2.27. The van der Waals surface area contributed by atoms with Crippen molar-refractivity contribution < 1.29 is 0 Å². The van der Waals surface area contributed by atoms with Crippen LogP contribution >= 0.6 is 11.6 Å². The lowest BCUT2D eigenvalue weighted by atomic mass is 9.75. The Labute approximate surface area is 103 Å². The summed E-state index contributed by atoms with van der Waals surface area (Å²) in [6, 6.07) is 8.42. The minimum Gasteiger partial charge on any atom is -0.319 e. The van der Waals surface area contributed by atoms with E-state index in [0.717, 1.165) is 23.4 Å². The van der Waals surface area contributed by atoms with Crippen LogP contribution in [0.1, 0.15) is 37.2 Å². The van der Waals surface area contributed by atoms with E-state index in [1.54, 1.807) is 0 Å². The van der Waals surface area contributed by atoms with Gasteiger partial charge in [-0.05, 0) is 56.0 Å². The molecular formula is C14H20ClN. The lowest BCUT2D eigenvalue weighted by molar-refractivity contribution is 0.301. The summed E-state index contributed by atoms with van der Waals surface area (Å²) in [5.41, 5.74) is 1.46. The van der Waals surface area contributed by atoms with Crippen molar-refractivity contribution in [3.05, 3.63) is 34.9 Å². The highest BCUT2D eigenvalue weighted by Crippen LogP contribution is 2.37. The molecule has 1 aromatic rings. The van der Waals surface area contributed by atoms with Crippen molar-refractivity contribution in [2.45, 2.75) is 31.6 Å². The predicted octanol–water partition coefficient (Wildman–Crippen LogP) is 3.83. The molecule has 2 atom stereocenters. The standard InChI is InChI=1S/C14H20ClN/c1-16-10-12-4-2-3-5-14(12)11-6-8-13(15)9-7-11/h6-9,12,14,16H,2-5,10H2,1H3. The van der Waals surface area contributed by atoms with Gasteiger partial charge in [-0.2, -0.15) is 0 Å². The molecule has 1 nitrogen and oxygen atoms in total. The van der Waals surface area contributed by atoms with Crippen LogP contribution in [0.5, 0.6) is 0 Å². The molecule has 16 heavy (non-hydrogen) atoms. The molecule has 0 amide bonds. The highest BCUT2D eigenvalue weighted by molar-refractivity contribution is 6.30. The Hall–Kier alpha value is -0.530. The van der Waals surface area contributed by atoms with Crippen molar-refractivity contribution in [2.75, 3.05) is 13.6 Å². The number of hydrogen-bond acceptors (Lipinski definition) is 1. The fraction of sp³-hybridized carbons (Fsp3) is 0.571. The molecule has 1 fully saturated rings. The monoisotopic (exact) mass is 237 g/mol. The van der Waals surface area contributed by atoms with Crippen LogP contribution in [0.3, 0.4) is 0 Å². The van der Waals surface area contributed by atoms with Crippen molar-refractivity contribution in [2.24, 2.45) is 5.92 Å². The molecule has 88 valence electrons. The number of halogens is 1. The van der Waals surface area contributed by atoms with E-state index >= 15 is 0 Å². The van der Waals surface area contributed by atoms with Gasteiger partial charge in [0.1, 0.15) is 0 Å². The molecular weight excluding hydrogens is 218 g/mol. The Morgan fingerprint density at radius 1 is 1.19 bits per heavy atom. The van der Waals surface area contributed by atoms with Crippen LogP contribution in [0.4, 0.5) is 0 Å². The van der Waals surface area contributed by atoms with Crippen molar-refractivity contribution >= 4 is 11.6 Å². The minimum atomic E-state index is 0.721. The van der Waals surface area contributed by atoms with Gasteiger partial charge in [0.25, 0.3) is 0 Å². The molecule has 1 aliphatic carbocycles. The van der Waals surface area contributed by atoms with Crippen molar-refractivity contribution in [1.82, 2.24) is 5.32 Å². The van der Waals surface area contributed by atoms with Gasteiger partial charge in [0, 0.05) is 5.02 Å². The molecule has 1 aromatic carbocycles. The summed E-state index contributed by atoms with van der Waals surface area (Å²) in [5, 5.41) is 4.16. The van der Waals surface area contributed by atoms with Crippen LogP contribution in [-0.2, 0) is 0 Å². The van der Waals surface area contributed by atoms with Gasteiger partial charge in [0.15, 0.2) is 0 Å². The Morgan fingerprint density at radius 3 is 2.56 bits per heavy atom. The van der Waals surface area contributed by atoms with Crippen LogP contribution in [0, 0.1) is 5.92 Å². The average molecular weight is 238 g/mol. The molecule has 0 radical (unpaired) electrons. The number of benzene rings is 1. The summed E-state index contributed by atoms with van der Waals surface area (Å²) in [7, 11) is 2.05. The molecule has 2 unspecified atom stereocenters. The Bertz CT molecular complexity index is 318. The van der Waals surface area contributed by atoms with Crippen molar-refractivity contribution in [1.29, 1.82) is 0 Å². The summed E-state index contributed by atoms with van der Waals surface area (Å²) in [6.07, 6.45) is 5.44. The predicted molar refractivity (Wildman–Crippen MR) is 70.1 cm³/mol. The van der Waals surface area contributed by atoms with Gasteiger partial charge >= 0.3 is 0 Å². The smallest absolute Gasteiger partial charge is 0.0406 e. The van der Waals surface area contributed by atoms with Crippen LogP contribution in [0.15, 0.2) is 24.3 Å². The van der Waals surface area contributed by atoms with Crippen molar-refractivity contribution in [3.8, 4) is 0 Å².